The molecule has 0 saturated carbocycles. The lowest BCUT2D eigenvalue weighted by molar-refractivity contribution is -0.0836. The molecule has 0 aromatic heterocycles. The fraction of sp³-hybridized carbons (Fsp3) is 0.0667. The maximum atomic E-state index is 13.3. The summed E-state index contributed by atoms with van der Waals surface area (Å²) in [7, 11) is -4.75. The molecule has 122 valence electrons. The predicted octanol–water partition coefficient (Wildman–Crippen LogP) is 5.37. The number of rotatable bonds is 3. The van der Waals surface area contributed by atoms with Gasteiger partial charge < -0.3 is 0 Å². The van der Waals surface area contributed by atoms with Gasteiger partial charge in [0.15, 0.2) is 4.91 Å². The Labute approximate surface area is 141 Å². The van der Waals surface area contributed by atoms with Crippen LogP contribution in [0.3, 0.4) is 0 Å². The molecule has 0 amide bonds. The predicted molar refractivity (Wildman–Crippen MR) is 84.1 cm³/mol. The van der Waals surface area contributed by atoms with Crippen molar-refractivity contribution in [2.45, 2.75) is 11.1 Å². The summed E-state index contributed by atoms with van der Waals surface area (Å²) in [6, 6.07) is 9.94. The molecule has 2 rings (SSSR count). The van der Waals surface area contributed by atoms with Crippen molar-refractivity contribution in [3.05, 3.63) is 69.0 Å². The summed E-state index contributed by atoms with van der Waals surface area (Å²) < 4.78 is 64.4. The average molecular weight is 381 g/mol. The third-order valence-electron chi connectivity index (χ3n) is 2.84. The van der Waals surface area contributed by atoms with Gasteiger partial charge in [-0.3, -0.25) is 0 Å². The molecular formula is C15H9Cl2F3O2S. The number of hydrogen-bond donors (Lipinski definition) is 0. The molecule has 0 bridgehead atoms. The van der Waals surface area contributed by atoms with Gasteiger partial charge in [0.25, 0.3) is 0 Å². The summed E-state index contributed by atoms with van der Waals surface area (Å²) in [5.74, 6) is 0. The number of hydrogen-bond acceptors (Lipinski definition) is 2. The zero-order valence-corrected chi connectivity index (χ0v) is 13.6. The van der Waals surface area contributed by atoms with Crippen LogP contribution in [0.2, 0.25) is 10.0 Å². The highest BCUT2D eigenvalue weighted by Crippen LogP contribution is 2.36. The lowest BCUT2D eigenvalue weighted by Crippen LogP contribution is -2.20. The summed E-state index contributed by atoms with van der Waals surface area (Å²) in [5.41, 5.74) is 0.0300. The standard InChI is InChI=1S/C15H9Cl2F3O2S/c16-11-4-6-13(7-5-11)23(21,22)14(15(18,19)20)9-10-2-1-3-12(17)8-10/h1-9H. The van der Waals surface area contributed by atoms with Crippen molar-refractivity contribution in [3.63, 3.8) is 0 Å². The molecule has 0 aliphatic rings. The highest BCUT2D eigenvalue weighted by atomic mass is 35.5. The van der Waals surface area contributed by atoms with Crippen LogP contribution in [0.25, 0.3) is 6.08 Å². The van der Waals surface area contributed by atoms with Gasteiger partial charge in [0.05, 0.1) is 4.90 Å². The van der Waals surface area contributed by atoms with E-state index >= 15 is 0 Å². The van der Waals surface area contributed by atoms with Crippen LogP contribution in [-0.4, -0.2) is 14.6 Å². The van der Waals surface area contributed by atoms with E-state index < -0.39 is 25.8 Å². The summed E-state index contributed by atoms with van der Waals surface area (Å²) in [6.45, 7) is 0. The van der Waals surface area contributed by atoms with Crippen molar-refractivity contribution in [3.8, 4) is 0 Å². The first-order chi connectivity index (χ1) is 10.6. The molecule has 0 aliphatic carbocycles. The summed E-state index contributed by atoms with van der Waals surface area (Å²) >= 11 is 11.3. The van der Waals surface area contributed by atoms with Crippen molar-refractivity contribution in [1.82, 2.24) is 0 Å². The molecule has 0 aliphatic heterocycles. The number of allylic oxidation sites excluding steroid dienone is 1. The van der Waals surface area contributed by atoms with E-state index in [0.717, 1.165) is 12.1 Å². The number of alkyl halides is 3. The Morgan fingerprint density at radius 3 is 2.09 bits per heavy atom. The first-order valence-electron chi connectivity index (χ1n) is 6.16. The number of sulfone groups is 1. The molecule has 0 atom stereocenters. The normalized spacial score (nSPS) is 13.2. The molecule has 0 heterocycles. The maximum Gasteiger partial charge on any atom is 0.427 e. The van der Waals surface area contributed by atoms with Crippen molar-refractivity contribution in [2.75, 3.05) is 0 Å². The molecule has 0 unspecified atom stereocenters. The van der Waals surface area contributed by atoms with Crippen LogP contribution in [0.4, 0.5) is 13.2 Å². The van der Waals surface area contributed by atoms with Crippen LogP contribution in [0, 0.1) is 0 Å². The molecule has 0 radical (unpaired) electrons. The second-order valence-corrected chi connectivity index (χ2v) is 7.31. The van der Waals surface area contributed by atoms with Crippen molar-refractivity contribution >= 4 is 39.1 Å². The van der Waals surface area contributed by atoms with Crippen LogP contribution < -0.4 is 0 Å². The highest BCUT2D eigenvalue weighted by molar-refractivity contribution is 7.95. The lowest BCUT2D eigenvalue weighted by Gasteiger charge is -2.13. The Morgan fingerprint density at radius 1 is 0.957 bits per heavy atom. The zero-order chi connectivity index (χ0) is 17.3. The second-order valence-electron chi connectivity index (χ2n) is 4.52. The van der Waals surface area contributed by atoms with E-state index in [0.29, 0.717) is 6.08 Å². The Hall–Kier alpha value is -1.50. The van der Waals surface area contributed by atoms with Gasteiger partial charge >= 0.3 is 6.18 Å². The van der Waals surface area contributed by atoms with E-state index in [4.69, 9.17) is 23.2 Å². The molecule has 2 nitrogen and oxygen atoms in total. The van der Waals surface area contributed by atoms with Crippen LogP contribution in [0.5, 0.6) is 0 Å². The van der Waals surface area contributed by atoms with E-state index in [1.807, 2.05) is 0 Å². The monoisotopic (exact) mass is 380 g/mol. The third kappa shape index (κ3) is 4.28. The topological polar surface area (TPSA) is 34.1 Å². The van der Waals surface area contributed by atoms with Gasteiger partial charge in [-0.25, -0.2) is 8.42 Å². The van der Waals surface area contributed by atoms with Crippen molar-refractivity contribution in [2.24, 2.45) is 0 Å². The minimum atomic E-state index is -5.05. The smallest absolute Gasteiger partial charge is 0.219 e. The van der Waals surface area contributed by atoms with Crippen LogP contribution in [-0.2, 0) is 9.84 Å². The zero-order valence-electron chi connectivity index (χ0n) is 11.3. The quantitative estimate of drug-likeness (QED) is 0.716. The van der Waals surface area contributed by atoms with Gasteiger partial charge in [0, 0.05) is 10.0 Å². The Morgan fingerprint density at radius 2 is 1.57 bits per heavy atom. The maximum absolute atomic E-state index is 13.3. The van der Waals surface area contributed by atoms with E-state index in [-0.39, 0.29) is 15.6 Å². The van der Waals surface area contributed by atoms with Crippen molar-refractivity contribution < 1.29 is 21.6 Å². The summed E-state index contributed by atoms with van der Waals surface area (Å²) in [5, 5.41) is 0.417. The van der Waals surface area contributed by atoms with Gasteiger partial charge in [-0.1, -0.05) is 35.3 Å². The Kier molecular flexibility index (Phi) is 5.08. The fourth-order valence-electron chi connectivity index (χ4n) is 1.80. The molecule has 2 aromatic carbocycles. The molecule has 0 saturated heterocycles. The lowest BCUT2D eigenvalue weighted by atomic mass is 10.2. The number of halogens is 5. The van der Waals surface area contributed by atoms with Gasteiger partial charge in [-0.2, -0.15) is 13.2 Å². The second kappa shape index (κ2) is 6.55. The summed E-state index contributed by atoms with van der Waals surface area (Å²) in [6.07, 6.45) is -4.50. The van der Waals surface area contributed by atoms with Gasteiger partial charge in [0.1, 0.15) is 0 Å². The molecule has 0 N–H and O–H groups in total. The molecular weight excluding hydrogens is 372 g/mol. The van der Waals surface area contributed by atoms with E-state index in [1.165, 1.54) is 36.4 Å². The Bertz CT molecular complexity index is 842. The first kappa shape index (κ1) is 17.8. The first-order valence-corrected chi connectivity index (χ1v) is 8.40. The molecule has 0 spiro atoms. The number of benzene rings is 2. The average Bonchev–Trinajstić information content (AvgIpc) is 2.44. The van der Waals surface area contributed by atoms with Gasteiger partial charge in [-0.15, -0.1) is 0 Å². The third-order valence-corrected chi connectivity index (χ3v) is 5.15. The van der Waals surface area contributed by atoms with Crippen LogP contribution >= 0.6 is 23.2 Å². The van der Waals surface area contributed by atoms with Crippen LogP contribution in [0.15, 0.2) is 58.3 Å². The molecule has 23 heavy (non-hydrogen) atoms. The summed E-state index contributed by atoms with van der Waals surface area (Å²) in [4.78, 5) is -2.16. The Balaban J connectivity index is 2.62. The molecule has 0 fully saturated rings. The van der Waals surface area contributed by atoms with Crippen molar-refractivity contribution in [1.29, 1.82) is 0 Å². The van der Waals surface area contributed by atoms with Crippen LogP contribution in [0.1, 0.15) is 5.56 Å². The SMILES string of the molecule is O=S(=O)(C(=Cc1cccc(Cl)c1)C(F)(F)F)c1ccc(Cl)cc1. The molecule has 2 aromatic rings. The minimum absolute atomic E-state index is 0.0300. The minimum Gasteiger partial charge on any atom is -0.219 e. The van der Waals surface area contributed by atoms with Gasteiger partial charge in [-0.05, 0) is 48.0 Å². The van der Waals surface area contributed by atoms with Gasteiger partial charge in [0.2, 0.25) is 9.84 Å². The van der Waals surface area contributed by atoms with E-state index in [2.05, 4.69) is 0 Å². The van der Waals surface area contributed by atoms with E-state index in [1.54, 1.807) is 0 Å². The largest absolute Gasteiger partial charge is 0.427 e. The fourth-order valence-corrected chi connectivity index (χ4v) is 3.47. The molecule has 8 heteroatoms. The van der Waals surface area contributed by atoms with E-state index in [9.17, 15) is 21.6 Å². The highest BCUT2D eigenvalue weighted by Gasteiger charge is 2.43.